The van der Waals surface area contributed by atoms with Crippen molar-refractivity contribution in [3.05, 3.63) is 65.0 Å². The molecule has 0 radical (unpaired) electrons. The minimum atomic E-state index is -0.638. The molecule has 108 valence electrons. The van der Waals surface area contributed by atoms with Crippen molar-refractivity contribution < 1.29 is 23.0 Å². The Morgan fingerprint density at radius 1 is 1.00 bits per heavy atom. The van der Waals surface area contributed by atoms with Gasteiger partial charge >= 0.3 is 0 Å². The molecule has 0 saturated carbocycles. The lowest BCUT2D eigenvalue weighted by molar-refractivity contribution is 0.284. The van der Waals surface area contributed by atoms with E-state index in [2.05, 4.69) is 11.8 Å². The van der Waals surface area contributed by atoms with E-state index in [1.165, 1.54) is 12.1 Å². The molecule has 0 amide bonds. The minimum Gasteiger partial charge on any atom is -0.486 e. The standard InChI is InChI=1S/C16H11F3O2/c17-13-4-6-14(18)12(9-13)10-21-16-8-11(2-1-7-20)3-5-15(16)19/h3-6,8-9,20H,7,10H2. The molecule has 0 unspecified atom stereocenters. The van der Waals surface area contributed by atoms with Gasteiger partial charge in [-0.15, -0.1) is 0 Å². The van der Waals surface area contributed by atoms with Gasteiger partial charge in [0.25, 0.3) is 0 Å². The highest BCUT2D eigenvalue weighted by Gasteiger charge is 2.08. The zero-order valence-electron chi connectivity index (χ0n) is 10.9. The zero-order chi connectivity index (χ0) is 15.2. The molecule has 0 saturated heterocycles. The third-order valence-corrected chi connectivity index (χ3v) is 2.63. The molecule has 0 bridgehead atoms. The van der Waals surface area contributed by atoms with Gasteiger partial charge in [0.1, 0.15) is 24.8 Å². The number of benzene rings is 2. The second-order valence-electron chi connectivity index (χ2n) is 4.13. The fourth-order valence-electron chi connectivity index (χ4n) is 1.64. The Balaban J connectivity index is 2.17. The van der Waals surface area contributed by atoms with Crippen molar-refractivity contribution in [2.45, 2.75) is 6.61 Å². The van der Waals surface area contributed by atoms with Gasteiger partial charge in [0.2, 0.25) is 0 Å². The highest BCUT2D eigenvalue weighted by Crippen LogP contribution is 2.20. The number of aliphatic hydroxyl groups excluding tert-OH is 1. The second-order valence-corrected chi connectivity index (χ2v) is 4.13. The van der Waals surface area contributed by atoms with Gasteiger partial charge in [0.05, 0.1) is 0 Å². The van der Waals surface area contributed by atoms with Crippen LogP contribution in [0.15, 0.2) is 36.4 Å². The van der Waals surface area contributed by atoms with Crippen molar-refractivity contribution in [2.24, 2.45) is 0 Å². The fourth-order valence-corrected chi connectivity index (χ4v) is 1.64. The lowest BCUT2D eigenvalue weighted by Gasteiger charge is -2.08. The van der Waals surface area contributed by atoms with Gasteiger partial charge in [-0.3, -0.25) is 0 Å². The first-order chi connectivity index (χ1) is 10.1. The van der Waals surface area contributed by atoms with Crippen LogP contribution in [-0.2, 0) is 6.61 Å². The summed E-state index contributed by atoms with van der Waals surface area (Å²) in [6.45, 7) is -0.626. The summed E-state index contributed by atoms with van der Waals surface area (Å²) in [5, 5.41) is 8.60. The maximum Gasteiger partial charge on any atom is 0.165 e. The van der Waals surface area contributed by atoms with E-state index >= 15 is 0 Å². The molecule has 0 fully saturated rings. The molecule has 0 aliphatic carbocycles. The smallest absolute Gasteiger partial charge is 0.165 e. The minimum absolute atomic E-state index is 0.0127. The number of ether oxygens (including phenoxy) is 1. The molecule has 2 nitrogen and oxygen atoms in total. The van der Waals surface area contributed by atoms with Crippen molar-refractivity contribution in [2.75, 3.05) is 6.61 Å². The highest BCUT2D eigenvalue weighted by atomic mass is 19.1. The molecule has 0 spiro atoms. The Kier molecular flexibility index (Phi) is 4.85. The Morgan fingerprint density at radius 2 is 1.76 bits per heavy atom. The lowest BCUT2D eigenvalue weighted by atomic mass is 10.2. The van der Waals surface area contributed by atoms with Gasteiger partial charge in [-0.1, -0.05) is 11.8 Å². The number of hydrogen-bond acceptors (Lipinski definition) is 2. The van der Waals surface area contributed by atoms with Crippen LogP contribution < -0.4 is 4.74 Å². The van der Waals surface area contributed by atoms with Crippen LogP contribution >= 0.6 is 0 Å². The van der Waals surface area contributed by atoms with Gasteiger partial charge < -0.3 is 9.84 Å². The number of aliphatic hydroxyl groups is 1. The number of rotatable bonds is 3. The molecule has 0 aliphatic rings. The molecule has 0 atom stereocenters. The van der Waals surface area contributed by atoms with Crippen molar-refractivity contribution in [1.29, 1.82) is 0 Å². The van der Waals surface area contributed by atoms with Gasteiger partial charge in [-0.2, -0.15) is 0 Å². The molecule has 21 heavy (non-hydrogen) atoms. The molecule has 0 aromatic heterocycles. The third kappa shape index (κ3) is 4.01. The van der Waals surface area contributed by atoms with Crippen LogP contribution in [0.5, 0.6) is 5.75 Å². The van der Waals surface area contributed by atoms with E-state index in [1.54, 1.807) is 0 Å². The predicted molar refractivity (Wildman–Crippen MR) is 71.1 cm³/mol. The molecule has 2 aromatic carbocycles. The van der Waals surface area contributed by atoms with Gasteiger partial charge in [0.15, 0.2) is 11.6 Å². The maximum atomic E-state index is 13.6. The Morgan fingerprint density at radius 3 is 2.52 bits per heavy atom. The van der Waals surface area contributed by atoms with Crippen LogP contribution in [0.4, 0.5) is 13.2 Å². The van der Waals surface area contributed by atoms with Crippen molar-refractivity contribution in [3.8, 4) is 17.6 Å². The quantitative estimate of drug-likeness (QED) is 0.881. The molecule has 0 aliphatic heterocycles. The van der Waals surface area contributed by atoms with Gasteiger partial charge in [-0.05, 0) is 36.4 Å². The van der Waals surface area contributed by atoms with Crippen LogP contribution in [-0.4, -0.2) is 11.7 Å². The summed E-state index contributed by atoms with van der Waals surface area (Å²) in [6, 6.07) is 6.86. The van der Waals surface area contributed by atoms with E-state index in [9.17, 15) is 13.2 Å². The average molecular weight is 292 g/mol. The molecule has 5 heteroatoms. The molecular weight excluding hydrogens is 281 g/mol. The molecule has 1 N–H and O–H groups in total. The largest absolute Gasteiger partial charge is 0.486 e. The lowest BCUT2D eigenvalue weighted by Crippen LogP contribution is -2.01. The van der Waals surface area contributed by atoms with Crippen molar-refractivity contribution in [3.63, 3.8) is 0 Å². The summed E-state index contributed by atoms with van der Waals surface area (Å²) in [6.07, 6.45) is 0. The molecule has 2 aromatic rings. The van der Waals surface area contributed by atoms with Crippen LogP contribution in [0.3, 0.4) is 0 Å². The zero-order valence-corrected chi connectivity index (χ0v) is 10.9. The van der Waals surface area contributed by atoms with Crippen molar-refractivity contribution >= 4 is 0 Å². The third-order valence-electron chi connectivity index (χ3n) is 2.63. The topological polar surface area (TPSA) is 29.5 Å². The molecule has 0 heterocycles. The van der Waals surface area contributed by atoms with Crippen LogP contribution in [0, 0.1) is 29.3 Å². The van der Waals surface area contributed by atoms with Gasteiger partial charge in [-0.25, -0.2) is 13.2 Å². The Labute approximate surface area is 119 Å². The van der Waals surface area contributed by atoms with E-state index in [0.29, 0.717) is 5.56 Å². The van der Waals surface area contributed by atoms with Crippen LogP contribution in [0.2, 0.25) is 0 Å². The highest BCUT2D eigenvalue weighted by molar-refractivity contribution is 5.40. The van der Waals surface area contributed by atoms with E-state index in [-0.39, 0.29) is 24.5 Å². The number of hydrogen-bond donors (Lipinski definition) is 1. The Bertz CT molecular complexity index is 702. The summed E-state index contributed by atoms with van der Waals surface area (Å²) in [5.41, 5.74) is 0.432. The molecular formula is C16H11F3O2. The van der Waals surface area contributed by atoms with Crippen molar-refractivity contribution in [1.82, 2.24) is 0 Å². The second kappa shape index (κ2) is 6.82. The summed E-state index contributed by atoms with van der Waals surface area (Å²) >= 11 is 0. The summed E-state index contributed by atoms with van der Waals surface area (Å²) in [4.78, 5) is 0. The van der Waals surface area contributed by atoms with E-state index in [4.69, 9.17) is 9.84 Å². The van der Waals surface area contributed by atoms with Gasteiger partial charge in [0, 0.05) is 11.1 Å². The number of halogens is 3. The first-order valence-electron chi connectivity index (χ1n) is 6.06. The average Bonchev–Trinajstić information content (AvgIpc) is 2.48. The first-order valence-corrected chi connectivity index (χ1v) is 6.06. The predicted octanol–water partition coefficient (Wildman–Crippen LogP) is 3.03. The molecule has 2 rings (SSSR count). The van der Waals surface area contributed by atoms with E-state index < -0.39 is 17.5 Å². The van der Waals surface area contributed by atoms with E-state index in [1.807, 2.05) is 0 Å². The van der Waals surface area contributed by atoms with Crippen LogP contribution in [0.1, 0.15) is 11.1 Å². The van der Waals surface area contributed by atoms with E-state index in [0.717, 1.165) is 24.3 Å². The summed E-state index contributed by atoms with van der Waals surface area (Å²) in [7, 11) is 0. The normalized spacial score (nSPS) is 9.90. The Hall–Kier alpha value is -2.45. The first kappa shape index (κ1) is 14.9. The fraction of sp³-hybridized carbons (Fsp3) is 0.125. The monoisotopic (exact) mass is 292 g/mol. The van der Waals surface area contributed by atoms with Crippen LogP contribution in [0.25, 0.3) is 0 Å². The summed E-state index contributed by atoms with van der Waals surface area (Å²) < 4.78 is 45.2. The summed E-state index contributed by atoms with van der Waals surface area (Å²) in [5.74, 6) is 3.03. The SMILES string of the molecule is OCC#Cc1ccc(F)c(OCc2cc(F)ccc2F)c1. The maximum absolute atomic E-state index is 13.6.